The maximum Gasteiger partial charge on any atom is 0.335 e. The second-order valence-corrected chi connectivity index (χ2v) is 6.32. The van der Waals surface area contributed by atoms with E-state index in [1.165, 1.54) is 0 Å². The van der Waals surface area contributed by atoms with Crippen molar-refractivity contribution in [2.45, 2.75) is 46.5 Å². The Morgan fingerprint density at radius 1 is 1.12 bits per heavy atom. The van der Waals surface area contributed by atoms with Crippen LogP contribution in [0.2, 0.25) is 0 Å². The summed E-state index contributed by atoms with van der Waals surface area (Å²) in [6, 6.07) is 6.30. The van der Waals surface area contributed by atoms with E-state index in [4.69, 9.17) is 0 Å². The molecule has 1 saturated heterocycles. The number of hydrogen-bond donors (Lipinski definition) is 1. The zero-order chi connectivity index (χ0) is 18.4. The van der Waals surface area contributed by atoms with Gasteiger partial charge in [-0.3, -0.25) is 19.9 Å². The Morgan fingerprint density at radius 2 is 1.80 bits per heavy atom. The van der Waals surface area contributed by atoms with Gasteiger partial charge in [-0.2, -0.15) is 0 Å². The van der Waals surface area contributed by atoms with Crippen molar-refractivity contribution < 1.29 is 14.4 Å². The molecule has 1 aromatic carbocycles. The molecule has 0 bridgehead atoms. The number of rotatable bonds is 7. The number of aliphatic imine (C=N–C) groups is 1. The quantitative estimate of drug-likeness (QED) is 0.469. The molecular weight excluding hydrogens is 318 g/mol. The number of carbonyl (C=O) groups excluding carboxylic acids is 3. The first-order valence-corrected chi connectivity index (χ1v) is 8.72. The summed E-state index contributed by atoms with van der Waals surface area (Å²) >= 11 is 0. The van der Waals surface area contributed by atoms with Crippen LogP contribution >= 0.6 is 0 Å². The highest BCUT2D eigenvalue weighted by Gasteiger charge is 2.42. The first-order chi connectivity index (χ1) is 12.0. The number of benzene rings is 1. The van der Waals surface area contributed by atoms with Gasteiger partial charge in [-0.1, -0.05) is 43.9 Å². The van der Waals surface area contributed by atoms with Gasteiger partial charge < -0.3 is 0 Å². The second-order valence-electron chi connectivity index (χ2n) is 6.32. The van der Waals surface area contributed by atoms with Crippen LogP contribution in [0.4, 0.5) is 10.5 Å². The van der Waals surface area contributed by atoms with Crippen molar-refractivity contribution in [2.24, 2.45) is 10.9 Å². The number of unbranched alkanes of at least 4 members (excludes halogenated alkanes) is 3. The lowest BCUT2D eigenvalue weighted by Gasteiger charge is -2.30. The average Bonchev–Trinajstić information content (AvgIpc) is 2.56. The van der Waals surface area contributed by atoms with E-state index in [9.17, 15) is 14.4 Å². The SMILES string of the molecule is CCCCCCN=C(C)C1C(=O)NC(=O)N(c2ccc(C)cc2)C1=O. The third kappa shape index (κ3) is 4.53. The molecule has 134 valence electrons. The van der Waals surface area contributed by atoms with Crippen molar-refractivity contribution in [1.82, 2.24) is 5.32 Å². The number of anilines is 1. The van der Waals surface area contributed by atoms with E-state index < -0.39 is 23.8 Å². The molecule has 0 aromatic heterocycles. The van der Waals surface area contributed by atoms with E-state index in [0.29, 0.717) is 17.9 Å². The molecule has 6 nitrogen and oxygen atoms in total. The maximum absolute atomic E-state index is 12.8. The minimum atomic E-state index is -1.05. The standard InChI is InChI=1S/C19H25N3O3/c1-4-5-6-7-12-20-14(3)16-17(23)21-19(25)22(18(16)24)15-10-8-13(2)9-11-15/h8-11,16H,4-7,12H2,1-3H3,(H,21,23,25). The van der Waals surface area contributed by atoms with E-state index >= 15 is 0 Å². The van der Waals surface area contributed by atoms with E-state index in [1.807, 2.05) is 19.1 Å². The molecule has 1 N–H and O–H groups in total. The van der Waals surface area contributed by atoms with Gasteiger partial charge in [-0.25, -0.2) is 9.69 Å². The molecule has 6 heteroatoms. The Bertz CT molecular complexity index is 680. The average molecular weight is 343 g/mol. The molecule has 1 aliphatic rings. The summed E-state index contributed by atoms with van der Waals surface area (Å²) in [6.07, 6.45) is 4.29. The van der Waals surface area contributed by atoms with Gasteiger partial charge in [0.2, 0.25) is 5.91 Å². The molecule has 0 saturated carbocycles. The second kappa shape index (κ2) is 8.55. The molecule has 1 unspecified atom stereocenters. The number of amides is 4. The molecule has 25 heavy (non-hydrogen) atoms. The lowest BCUT2D eigenvalue weighted by atomic mass is 9.99. The van der Waals surface area contributed by atoms with E-state index in [2.05, 4.69) is 17.2 Å². The molecule has 1 fully saturated rings. The Morgan fingerprint density at radius 3 is 2.44 bits per heavy atom. The third-order valence-electron chi connectivity index (χ3n) is 4.25. The summed E-state index contributed by atoms with van der Waals surface area (Å²) in [5.74, 6) is -2.20. The zero-order valence-corrected chi connectivity index (χ0v) is 15.0. The predicted molar refractivity (Wildman–Crippen MR) is 97.8 cm³/mol. The van der Waals surface area contributed by atoms with Crippen LogP contribution in [0.1, 0.15) is 45.1 Å². The number of barbiturate groups is 1. The molecule has 0 radical (unpaired) electrons. The van der Waals surface area contributed by atoms with Gasteiger partial charge in [0.05, 0.1) is 5.69 Å². The molecule has 1 aliphatic heterocycles. The van der Waals surface area contributed by atoms with Crippen molar-refractivity contribution >= 4 is 29.2 Å². The molecule has 4 amide bonds. The number of aryl methyl sites for hydroxylation is 1. The van der Waals surface area contributed by atoms with Crippen molar-refractivity contribution in [3.05, 3.63) is 29.8 Å². The molecule has 1 heterocycles. The van der Waals surface area contributed by atoms with Crippen molar-refractivity contribution in [1.29, 1.82) is 0 Å². The van der Waals surface area contributed by atoms with Crippen LogP contribution in [0.25, 0.3) is 0 Å². The van der Waals surface area contributed by atoms with Gasteiger partial charge in [0.1, 0.15) is 0 Å². The first-order valence-electron chi connectivity index (χ1n) is 8.72. The summed E-state index contributed by atoms with van der Waals surface area (Å²) in [6.45, 7) is 6.31. The number of urea groups is 1. The van der Waals surface area contributed by atoms with Crippen LogP contribution < -0.4 is 10.2 Å². The smallest absolute Gasteiger partial charge is 0.293 e. The van der Waals surface area contributed by atoms with Crippen LogP contribution in [0.5, 0.6) is 0 Å². The summed E-state index contributed by atoms with van der Waals surface area (Å²) in [7, 11) is 0. The number of nitrogens with zero attached hydrogens (tertiary/aromatic N) is 2. The van der Waals surface area contributed by atoms with Crippen molar-refractivity contribution in [3.8, 4) is 0 Å². The van der Waals surface area contributed by atoms with Crippen LogP contribution in [-0.2, 0) is 9.59 Å². The number of nitrogens with one attached hydrogen (secondary N) is 1. The fourth-order valence-electron chi connectivity index (χ4n) is 2.77. The van der Waals surface area contributed by atoms with E-state index in [0.717, 1.165) is 36.1 Å². The van der Waals surface area contributed by atoms with E-state index in [1.54, 1.807) is 19.1 Å². The van der Waals surface area contributed by atoms with Crippen molar-refractivity contribution in [2.75, 3.05) is 11.4 Å². The maximum atomic E-state index is 12.8. The fourth-order valence-corrected chi connectivity index (χ4v) is 2.77. The van der Waals surface area contributed by atoms with Crippen molar-refractivity contribution in [3.63, 3.8) is 0 Å². The fraction of sp³-hybridized carbons (Fsp3) is 0.474. The molecule has 1 aromatic rings. The molecule has 0 aliphatic carbocycles. The Hall–Kier alpha value is -2.50. The highest BCUT2D eigenvalue weighted by Crippen LogP contribution is 2.22. The lowest BCUT2D eigenvalue weighted by molar-refractivity contribution is -0.131. The number of imide groups is 2. The van der Waals surface area contributed by atoms with Crippen LogP contribution in [0.15, 0.2) is 29.3 Å². The van der Waals surface area contributed by atoms with Gasteiger partial charge in [0, 0.05) is 12.3 Å². The minimum absolute atomic E-state index is 0.446. The first kappa shape index (κ1) is 18.8. The van der Waals surface area contributed by atoms with E-state index in [-0.39, 0.29) is 0 Å². The van der Waals surface area contributed by atoms with Gasteiger partial charge in [-0.15, -0.1) is 0 Å². The normalized spacial score (nSPS) is 18.5. The summed E-state index contributed by atoms with van der Waals surface area (Å²) in [4.78, 5) is 42.5. The Labute approximate surface area is 148 Å². The van der Waals surface area contributed by atoms with Gasteiger partial charge in [-0.05, 0) is 32.4 Å². The summed E-state index contributed by atoms with van der Waals surface area (Å²) < 4.78 is 0. The van der Waals surface area contributed by atoms with Crippen LogP contribution in [-0.4, -0.2) is 30.1 Å². The van der Waals surface area contributed by atoms with Crippen LogP contribution in [0, 0.1) is 12.8 Å². The van der Waals surface area contributed by atoms with Gasteiger partial charge in [0.15, 0.2) is 5.92 Å². The molecule has 1 atom stereocenters. The predicted octanol–water partition coefficient (Wildman–Crippen LogP) is 3.24. The Balaban J connectivity index is 2.16. The molecular formula is C19H25N3O3. The largest absolute Gasteiger partial charge is 0.335 e. The molecule has 0 spiro atoms. The number of hydrogen-bond acceptors (Lipinski definition) is 4. The van der Waals surface area contributed by atoms with Crippen LogP contribution in [0.3, 0.4) is 0 Å². The third-order valence-corrected chi connectivity index (χ3v) is 4.25. The highest BCUT2D eigenvalue weighted by atomic mass is 16.2. The lowest BCUT2D eigenvalue weighted by Crippen LogP contribution is -2.60. The monoisotopic (exact) mass is 343 g/mol. The topological polar surface area (TPSA) is 78.8 Å². The summed E-state index contributed by atoms with van der Waals surface area (Å²) in [5, 5.41) is 2.26. The highest BCUT2D eigenvalue weighted by molar-refractivity contribution is 6.35. The Kier molecular flexibility index (Phi) is 6.44. The molecule has 2 rings (SSSR count). The van der Waals surface area contributed by atoms with Gasteiger partial charge in [0.25, 0.3) is 5.91 Å². The minimum Gasteiger partial charge on any atom is -0.293 e. The van der Waals surface area contributed by atoms with Gasteiger partial charge >= 0.3 is 6.03 Å². The summed E-state index contributed by atoms with van der Waals surface area (Å²) in [5.41, 5.74) is 1.91. The zero-order valence-electron chi connectivity index (χ0n) is 15.0. The number of carbonyl (C=O) groups is 3.